The van der Waals surface area contributed by atoms with Crippen LogP contribution in [0.25, 0.3) is 0 Å². The number of aromatic nitrogens is 2. The Morgan fingerprint density at radius 1 is 0.880 bits per heavy atom. The molecule has 5 heteroatoms. The summed E-state index contributed by atoms with van der Waals surface area (Å²) in [6.07, 6.45) is 1.25. The van der Waals surface area contributed by atoms with Crippen LogP contribution in [-0.2, 0) is 17.6 Å². The third-order valence-electron chi connectivity index (χ3n) is 3.80. The van der Waals surface area contributed by atoms with E-state index in [1.807, 2.05) is 48.5 Å². The highest BCUT2D eigenvalue weighted by Gasteiger charge is 2.06. The summed E-state index contributed by atoms with van der Waals surface area (Å²) in [6, 6.07) is 21.2. The molecule has 126 valence electrons. The van der Waals surface area contributed by atoms with E-state index in [9.17, 15) is 4.79 Å². The maximum absolute atomic E-state index is 12.0. The molecular weight excluding hydrogens is 312 g/mol. The van der Waals surface area contributed by atoms with E-state index in [1.165, 1.54) is 5.56 Å². The van der Waals surface area contributed by atoms with Crippen molar-refractivity contribution in [3.63, 3.8) is 0 Å². The lowest BCUT2D eigenvalue weighted by Gasteiger charge is -2.10. The summed E-state index contributed by atoms with van der Waals surface area (Å²) in [5.74, 6) is 0.967. The second-order valence-electron chi connectivity index (χ2n) is 5.65. The molecule has 0 bridgehead atoms. The summed E-state index contributed by atoms with van der Waals surface area (Å²) >= 11 is 0. The van der Waals surface area contributed by atoms with Crippen molar-refractivity contribution in [1.82, 2.24) is 10.2 Å². The monoisotopic (exact) mass is 332 g/mol. The zero-order valence-electron chi connectivity index (χ0n) is 14.1. The van der Waals surface area contributed by atoms with Gasteiger partial charge in [0.15, 0.2) is 11.6 Å². The van der Waals surface area contributed by atoms with E-state index in [4.69, 9.17) is 0 Å². The van der Waals surface area contributed by atoms with Gasteiger partial charge in [-0.2, -0.15) is 0 Å². The number of hydrogen-bond acceptors (Lipinski definition) is 4. The van der Waals surface area contributed by atoms with Crippen LogP contribution in [-0.4, -0.2) is 16.1 Å². The molecule has 1 heterocycles. The van der Waals surface area contributed by atoms with Crippen molar-refractivity contribution in [2.45, 2.75) is 19.8 Å². The second kappa shape index (κ2) is 8.06. The molecule has 3 aromatic rings. The first kappa shape index (κ1) is 16.6. The molecule has 0 saturated heterocycles. The van der Waals surface area contributed by atoms with E-state index in [1.54, 1.807) is 12.1 Å². The number of nitrogens with zero attached hydrogens (tertiary/aromatic N) is 2. The molecule has 0 saturated carbocycles. The van der Waals surface area contributed by atoms with Crippen LogP contribution in [0.3, 0.4) is 0 Å². The number of hydrogen-bond donors (Lipinski definition) is 2. The van der Waals surface area contributed by atoms with Gasteiger partial charge < -0.3 is 10.6 Å². The van der Waals surface area contributed by atoms with Crippen molar-refractivity contribution in [3.05, 3.63) is 77.9 Å². The topological polar surface area (TPSA) is 66.9 Å². The molecule has 3 rings (SSSR count). The van der Waals surface area contributed by atoms with Gasteiger partial charge in [0.1, 0.15) is 0 Å². The van der Waals surface area contributed by atoms with Crippen molar-refractivity contribution >= 4 is 23.2 Å². The highest BCUT2D eigenvalue weighted by atomic mass is 16.1. The molecule has 0 aliphatic heterocycles. The predicted octanol–water partition coefficient (Wildman–Crippen LogP) is 3.96. The normalized spacial score (nSPS) is 10.3. The first-order valence-corrected chi connectivity index (χ1v) is 8.27. The van der Waals surface area contributed by atoms with Gasteiger partial charge in [-0.25, -0.2) is 0 Å². The van der Waals surface area contributed by atoms with E-state index in [-0.39, 0.29) is 5.91 Å². The van der Waals surface area contributed by atoms with Crippen LogP contribution < -0.4 is 10.6 Å². The van der Waals surface area contributed by atoms with Gasteiger partial charge in [-0.3, -0.25) is 4.79 Å². The summed E-state index contributed by atoms with van der Waals surface area (Å²) in [5, 5.41) is 14.2. The summed E-state index contributed by atoms with van der Waals surface area (Å²) in [7, 11) is 0. The van der Waals surface area contributed by atoms with E-state index in [2.05, 4.69) is 33.8 Å². The van der Waals surface area contributed by atoms with E-state index in [0.717, 1.165) is 17.7 Å². The molecule has 0 fully saturated rings. The molecule has 0 atom stereocenters. The molecule has 0 unspecified atom stereocenters. The number of carbonyl (C=O) groups is 1. The molecule has 2 aromatic carbocycles. The Morgan fingerprint density at radius 3 is 2.28 bits per heavy atom. The van der Waals surface area contributed by atoms with Crippen LogP contribution in [0.1, 0.15) is 18.1 Å². The fourth-order valence-electron chi connectivity index (χ4n) is 2.52. The van der Waals surface area contributed by atoms with E-state index < -0.39 is 0 Å². The van der Waals surface area contributed by atoms with E-state index in [0.29, 0.717) is 18.1 Å². The lowest BCUT2D eigenvalue weighted by Crippen LogP contribution is -2.15. The minimum Gasteiger partial charge on any atom is -0.339 e. The fourth-order valence-corrected chi connectivity index (χ4v) is 2.52. The van der Waals surface area contributed by atoms with Crippen LogP contribution in [0.2, 0.25) is 0 Å². The lowest BCUT2D eigenvalue weighted by atomic mass is 10.1. The van der Waals surface area contributed by atoms with Crippen LogP contribution in [0.5, 0.6) is 0 Å². The molecule has 2 N–H and O–H groups in total. The molecule has 0 aliphatic rings. The third-order valence-corrected chi connectivity index (χ3v) is 3.80. The minimum absolute atomic E-state index is 0.113. The van der Waals surface area contributed by atoms with Gasteiger partial charge in [0.2, 0.25) is 5.91 Å². The second-order valence-corrected chi connectivity index (χ2v) is 5.65. The molecule has 0 spiro atoms. The van der Waals surface area contributed by atoms with Crippen LogP contribution >= 0.6 is 0 Å². The van der Waals surface area contributed by atoms with Crippen molar-refractivity contribution < 1.29 is 4.79 Å². The molecular formula is C20H20N4O. The average Bonchev–Trinajstić information content (AvgIpc) is 2.64. The van der Waals surface area contributed by atoms with Crippen molar-refractivity contribution in [2.75, 3.05) is 10.6 Å². The maximum Gasteiger partial charge on any atom is 0.229 e. The highest BCUT2D eigenvalue weighted by molar-refractivity contribution is 5.91. The summed E-state index contributed by atoms with van der Waals surface area (Å²) in [6.45, 7) is 2.11. The number of amides is 1. The van der Waals surface area contributed by atoms with Gasteiger partial charge >= 0.3 is 0 Å². The number of carbonyl (C=O) groups excluding carboxylic acids is 1. The lowest BCUT2D eigenvalue weighted by molar-refractivity contribution is -0.115. The highest BCUT2D eigenvalue weighted by Crippen LogP contribution is 2.20. The fraction of sp³-hybridized carbons (Fsp3) is 0.150. The summed E-state index contributed by atoms with van der Waals surface area (Å²) < 4.78 is 0. The Hall–Kier alpha value is -3.21. The van der Waals surface area contributed by atoms with Gasteiger partial charge in [0.25, 0.3) is 0 Å². The van der Waals surface area contributed by atoms with Gasteiger partial charge in [-0.05, 0) is 35.7 Å². The number of nitrogens with one attached hydrogen (secondary N) is 2. The smallest absolute Gasteiger partial charge is 0.229 e. The minimum atomic E-state index is -0.113. The molecule has 1 amide bonds. The first-order chi connectivity index (χ1) is 12.2. The zero-order chi connectivity index (χ0) is 17.5. The van der Waals surface area contributed by atoms with E-state index >= 15 is 0 Å². The summed E-state index contributed by atoms with van der Waals surface area (Å²) in [4.78, 5) is 12.0. The zero-order valence-corrected chi connectivity index (χ0v) is 14.1. The predicted molar refractivity (Wildman–Crippen MR) is 99.9 cm³/mol. The van der Waals surface area contributed by atoms with Crippen LogP contribution in [0.4, 0.5) is 17.3 Å². The Morgan fingerprint density at radius 2 is 1.56 bits per heavy atom. The number of aryl methyl sites for hydroxylation is 1. The standard InChI is InChI=1S/C20H20N4O/c1-2-16-10-6-7-11-17(16)21-18-12-13-19(24-23-18)22-20(25)14-15-8-4-3-5-9-15/h3-13H,2,14H2,1H3,(H,21,23)(H,22,24,25). The molecule has 0 aliphatic carbocycles. The van der Waals surface area contributed by atoms with Gasteiger partial charge in [-0.1, -0.05) is 55.5 Å². The average molecular weight is 332 g/mol. The van der Waals surface area contributed by atoms with Crippen LogP contribution in [0, 0.1) is 0 Å². The maximum atomic E-state index is 12.0. The summed E-state index contributed by atoms with van der Waals surface area (Å²) in [5.41, 5.74) is 3.19. The van der Waals surface area contributed by atoms with Crippen molar-refractivity contribution in [3.8, 4) is 0 Å². The quantitative estimate of drug-likeness (QED) is 0.717. The molecule has 0 radical (unpaired) electrons. The number of benzene rings is 2. The number of rotatable bonds is 6. The molecule has 25 heavy (non-hydrogen) atoms. The molecule has 5 nitrogen and oxygen atoms in total. The van der Waals surface area contributed by atoms with Gasteiger partial charge in [0, 0.05) is 5.69 Å². The van der Waals surface area contributed by atoms with Crippen LogP contribution in [0.15, 0.2) is 66.7 Å². The Labute approximate surface area is 147 Å². The van der Waals surface area contributed by atoms with Crippen molar-refractivity contribution in [2.24, 2.45) is 0 Å². The van der Waals surface area contributed by atoms with Crippen molar-refractivity contribution in [1.29, 1.82) is 0 Å². The largest absolute Gasteiger partial charge is 0.339 e. The number of anilines is 3. The van der Waals surface area contributed by atoms with Gasteiger partial charge in [-0.15, -0.1) is 10.2 Å². The first-order valence-electron chi connectivity index (χ1n) is 8.27. The number of para-hydroxylation sites is 1. The Kier molecular flexibility index (Phi) is 5.36. The SMILES string of the molecule is CCc1ccccc1Nc1ccc(NC(=O)Cc2ccccc2)nn1. The Balaban J connectivity index is 1.61. The van der Waals surface area contributed by atoms with Gasteiger partial charge in [0.05, 0.1) is 6.42 Å². The molecule has 1 aromatic heterocycles. The third kappa shape index (κ3) is 4.64. The Bertz CT molecular complexity index is 832.